The van der Waals surface area contributed by atoms with Gasteiger partial charge in [0.05, 0.1) is 22.3 Å². The van der Waals surface area contributed by atoms with E-state index in [1.807, 2.05) is 85.6 Å². The average Bonchev–Trinajstić information content (AvgIpc) is 3.27. The largest absolute Gasteiger partial charge is 0.345 e. The van der Waals surface area contributed by atoms with E-state index in [0.29, 0.717) is 15.9 Å². The number of fused-ring (bicyclic) bond motifs is 1. The van der Waals surface area contributed by atoms with E-state index in [2.05, 4.69) is 15.0 Å². The first-order valence-electron chi connectivity index (χ1n) is 9.70. The lowest BCUT2D eigenvalue weighted by atomic mass is 10.2. The molecule has 0 saturated heterocycles. The molecule has 0 aliphatic heterocycles. The summed E-state index contributed by atoms with van der Waals surface area (Å²) in [7, 11) is 1.92. The zero-order chi connectivity index (χ0) is 21.6. The monoisotopic (exact) mass is 427 g/mol. The number of pyridine rings is 1. The van der Waals surface area contributed by atoms with Crippen molar-refractivity contribution in [1.29, 1.82) is 0 Å². The number of carbonyl (C=O) groups is 1. The molecule has 31 heavy (non-hydrogen) atoms. The predicted octanol–water partition coefficient (Wildman–Crippen LogP) is 5.36. The van der Waals surface area contributed by atoms with Gasteiger partial charge in [0.2, 0.25) is 0 Å². The lowest BCUT2D eigenvalue weighted by Gasteiger charge is -2.20. The summed E-state index contributed by atoms with van der Waals surface area (Å²) in [5.74, 6) is 0.582. The van der Waals surface area contributed by atoms with Crippen LogP contribution >= 0.6 is 11.8 Å². The van der Waals surface area contributed by atoms with Crippen LogP contribution in [0.2, 0.25) is 0 Å². The van der Waals surface area contributed by atoms with Gasteiger partial charge in [-0.25, -0.2) is 15.0 Å². The van der Waals surface area contributed by atoms with Gasteiger partial charge in [-0.1, -0.05) is 30.3 Å². The highest BCUT2D eigenvalue weighted by Crippen LogP contribution is 2.27. The zero-order valence-corrected chi connectivity index (χ0v) is 18.0. The molecule has 0 aliphatic carbocycles. The van der Waals surface area contributed by atoms with Crippen LogP contribution in [-0.2, 0) is 4.79 Å². The van der Waals surface area contributed by atoms with E-state index >= 15 is 0 Å². The van der Waals surface area contributed by atoms with Crippen LogP contribution in [0, 0.1) is 6.92 Å². The number of para-hydroxylation sites is 1. The minimum atomic E-state index is 0.531. The SMILES string of the molecule is Cc1ccc(/N=C(\S/C(C=O)=C\c2ccc3[nH]cnc3c2)N(C)c2ccccc2)nc1. The summed E-state index contributed by atoms with van der Waals surface area (Å²) in [4.78, 5) is 30.9. The van der Waals surface area contributed by atoms with Crippen molar-refractivity contribution in [3.63, 3.8) is 0 Å². The number of imidazole rings is 1. The molecule has 0 fully saturated rings. The third-order valence-electron chi connectivity index (χ3n) is 4.62. The topological polar surface area (TPSA) is 74.2 Å². The van der Waals surface area contributed by atoms with Crippen LogP contribution in [0.5, 0.6) is 0 Å². The van der Waals surface area contributed by atoms with Crippen LogP contribution < -0.4 is 4.90 Å². The number of aromatic amines is 1. The highest BCUT2D eigenvalue weighted by molar-refractivity contribution is 8.18. The number of amidine groups is 1. The number of hydrogen-bond donors (Lipinski definition) is 1. The number of thioether (sulfide) groups is 1. The molecule has 0 amide bonds. The Hall–Kier alpha value is -3.71. The van der Waals surface area contributed by atoms with Crippen molar-refractivity contribution in [2.45, 2.75) is 6.92 Å². The second kappa shape index (κ2) is 9.40. The molecule has 0 aliphatic rings. The number of rotatable bonds is 5. The van der Waals surface area contributed by atoms with Crippen molar-refractivity contribution in [3.8, 4) is 0 Å². The first-order valence-corrected chi connectivity index (χ1v) is 10.5. The molecule has 6 nitrogen and oxygen atoms in total. The van der Waals surface area contributed by atoms with Gasteiger partial charge in [-0.05, 0) is 66.2 Å². The van der Waals surface area contributed by atoms with Crippen molar-refractivity contribution >= 4 is 51.8 Å². The van der Waals surface area contributed by atoms with Crippen LogP contribution in [0.4, 0.5) is 11.5 Å². The molecule has 154 valence electrons. The molecule has 2 aromatic carbocycles. The maximum absolute atomic E-state index is 11.9. The quantitative estimate of drug-likeness (QED) is 0.201. The summed E-state index contributed by atoms with van der Waals surface area (Å²) in [5, 5.41) is 0.641. The molecule has 1 N–H and O–H groups in total. The van der Waals surface area contributed by atoms with Gasteiger partial charge in [-0.2, -0.15) is 0 Å². The molecule has 4 aromatic rings. The standard InChI is InChI=1S/C24H21N5OS/c1-17-8-11-23(25-14-17)28-24(29(2)19-6-4-3-5-7-19)31-20(15-30)12-18-9-10-21-22(13-18)27-16-26-21/h3-16H,1-2H3,(H,26,27)/b20-12-,28-24-. The number of aryl methyl sites for hydroxylation is 1. The Kier molecular flexibility index (Phi) is 6.24. The van der Waals surface area contributed by atoms with Crippen LogP contribution in [0.3, 0.4) is 0 Å². The fourth-order valence-corrected chi connectivity index (χ4v) is 3.78. The van der Waals surface area contributed by atoms with Gasteiger partial charge in [0.15, 0.2) is 17.3 Å². The summed E-state index contributed by atoms with van der Waals surface area (Å²) in [5.41, 5.74) is 4.72. The fourth-order valence-electron chi connectivity index (χ4n) is 2.95. The predicted molar refractivity (Wildman–Crippen MR) is 129 cm³/mol. The fraction of sp³-hybridized carbons (Fsp3) is 0.0833. The van der Waals surface area contributed by atoms with E-state index in [1.54, 1.807) is 12.5 Å². The minimum Gasteiger partial charge on any atom is -0.345 e. The van der Waals surface area contributed by atoms with Crippen LogP contribution in [0.15, 0.2) is 83.1 Å². The van der Waals surface area contributed by atoms with Crippen LogP contribution in [-0.4, -0.2) is 33.5 Å². The smallest absolute Gasteiger partial charge is 0.175 e. The highest BCUT2D eigenvalue weighted by Gasteiger charge is 2.13. The van der Waals surface area contributed by atoms with Crippen LogP contribution in [0.25, 0.3) is 17.1 Å². The molecule has 0 spiro atoms. The third kappa shape index (κ3) is 5.07. The summed E-state index contributed by atoms with van der Waals surface area (Å²) >= 11 is 1.29. The first-order chi connectivity index (χ1) is 15.1. The van der Waals surface area contributed by atoms with Crippen molar-refractivity contribution in [1.82, 2.24) is 15.0 Å². The number of aromatic nitrogens is 3. The van der Waals surface area contributed by atoms with Crippen molar-refractivity contribution in [2.75, 3.05) is 11.9 Å². The van der Waals surface area contributed by atoms with E-state index in [0.717, 1.165) is 34.1 Å². The molecule has 7 heteroatoms. The molecule has 4 rings (SSSR count). The van der Waals surface area contributed by atoms with E-state index < -0.39 is 0 Å². The lowest BCUT2D eigenvalue weighted by molar-refractivity contribution is -0.104. The van der Waals surface area contributed by atoms with Crippen LogP contribution in [0.1, 0.15) is 11.1 Å². The number of H-pyrrole nitrogens is 1. The molecular formula is C24H21N5OS. The third-order valence-corrected chi connectivity index (χ3v) is 5.61. The van der Waals surface area contributed by atoms with E-state index in [1.165, 1.54) is 11.8 Å². The molecule has 0 bridgehead atoms. The zero-order valence-electron chi connectivity index (χ0n) is 17.2. The van der Waals surface area contributed by atoms with Gasteiger partial charge in [-0.3, -0.25) is 4.79 Å². The second-order valence-corrected chi connectivity index (χ2v) is 7.97. The number of allylic oxidation sites excluding steroid dienone is 1. The Balaban J connectivity index is 1.69. The number of benzene rings is 2. The maximum atomic E-state index is 11.9. The Bertz CT molecular complexity index is 1250. The molecule has 0 atom stereocenters. The summed E-state index contributed by atoms with van der Waals surface area (Å²) in [6.45, 7) is 1.98. The van der Waals surface area contributed by atoms with Gasteiger partial charge in [0.25, 0.3) is 0 Å². The van der Waals surface area contributed by atoms with Gasteiger partial charge < -0.3 is 9.88 Å². The molecule has 2 aromatic heterocycles. The number of hydrogen-bond acceptors (Lipinski definition) is 5. The second-order valence-electron chi connectivity index (χ2n) is 6.93. The van der Waals surface area contributed by atoms with E-state index in [9.17, 15) is 4.79 Å². The highest BCUT2D eigenvalue weighted by atomic mass is 32.2. The van der Waals surface area contributed by atoms with Crippen molar-refractivity contribution in [2.24, 2.45) is 4.99 Å². The number of aliphatic imine (C=N–C) groups is 1. The van der Waals surface area contributed by atoms with Gasteiger partial charge in [0.1, 0.15) is 0 Å². The minimum absolute atomic E-state index is 0.531. The maximum Gasteiger partial charge on any atom is 0.175 e. The normalized spacial score (nSPS) is 12.2. The Morgan fingerprint density at radius 2 is 1.94 bits per heavy atom. The van der Waals surface area contributed by atoms with Crippen molar-refractivity contribution in [3.05, 3.63) is 89.2 Å². The van der Waals surface area contributed by atoms with E-state index in [4.69, 9.17) is 4.99 Å². The van der Waals surface area contributed by atoms with Crippen molar-refractivity contribution < 1.29 is 4.79 Å². The molecule has 2 heterocycles. The van der Waals surface area contributed by atoms with Gasteiger partial charge in [0, 0.05) is 18.9 Å². The molecule has 0 saturated carbocycles. The Morgan fingerprint density at radius 3 is 2.68 bits per heavy atom. The molecule has 0 radical (unpaired) electrons. The number of anilines is 1. The number of nitrogens with one attached hydrogen (secondary N) is 1. The number of carbonyl (C=O) groups excluding carboxylic acids is 1. The van der Waals surface area contributed by atoms with Gasteiger partial charge in [-0.15, -0.1) is 0 Å². The van der Waals surface area contributed by atoms with Gasteiger partial charge >= 0.3 is 0 Å². The van der Waals surface area contributed by atoms with E-state index in [-0.39, 0.29) is 0 Å². The lowest BCUT2D eigenvalue weighted by Crippen LogP contribution is -2.23. The number of aldehydes is 1. The first kappa shape index (κ1) is 20.6. The summed E-state index contributed by atoms with van der Waals surface area (Å²) in [6, 6.07) is 19.5. The summed E-state index contributed by atoms with van der Waals surface area (Å²) in [6.07, 6.45) is 6.11. The Labute approximate surface area is 184 Å². The molecular weight excluding hydrogens is 406 g/mol. The Morgan fingerprint density at radius 1 is 1.10 bits per heavy atom. The average molecular weight is 428 g/mol. The summed E-state index contributed by atoms with van der Waals surface area (Å²) < 4.78 is 0. The number of nitrogens with zero attached hydrogens (tertiary/aromatic N) is 4. The molecule has 0 unspecified atom stereocenters.